The number of anilines is 1. The minimum atomic E-state index is -0.481. The van der Waals surface area contributed by atoms with Crippen LogP contribution in [0.15, 0.2) is 18.2 Å². The molecule has 0 aromatic heterocycles. The molecule has 1 aliphatic carbocycles. The predicted molar refractivity (Wildman–Crippen MR) is 76.9 cm³/mol. The quantitative estimate of drug-likeness (QED) is 0.662. The van der Waals surface area contributed by atoms with Gasteiger partial charge in [-0.15, -0.1) is 0 Å². The van der Waals surface area contributed by atoms with Gasteiger partial charge in [0, 0.05) is 26.7 Å². The van der Waals surface area contributed by atoms with Gasteiger partial charge in [0.1, 0.15) is 5.69 Å². The van der Waals surface area contributed by atoms with E-state index >= 15 is 0 Å². The number of hydrogen-bond donors (Lipinski definition) is 1. The van der Waals surface area contributed by atoms with Crippen molar-refractivity contribution in [2.45, 2.75) is 13.3 Å². The van der Waals surface area contributed by atoms with Crippen LogP contribution in [0.25, 0.3) is 0 Å². The fourth-order valence-corrected chi connectivity index (χ4v) is 2.43. The largest absolute Gasteiger partial charge is 0.382 e. The number of carbonyl (C=O) groups excluding carboxylic acids is 1. The summed E-state index contributed by atoms with van der Waals surface area (Å²) in [5, 5.41) is 13.8. The number of amides is 1. The second-order valence-electron chi connectivity index (χ2n) is 5.37. The highest BCUT2D eigenvalue weighted by atomic mass is 16.6. The van der Waals surface area contributed by atoms with Crippen LogP contribution < -0.4 is 5.32 Å². The Kier molecular flexibility index (Phi) is 3.92. The van der Waals surface area contributed by atoms with Crippen LogP contribution in [0.3, 0.4) is 0 Å². The van der Waals surface area contributed by atoms with E-state index in [0.29, 0.717) is 23.9 Å². The molecule has 1 aromatic rings. The monoisotopic (exact) mass is 277 g/mol. The minimum absolute atomic E-state index is 0.0773. The summed E-state index contributed by atoms with van der Waals surface area (Å²) in [7, 11) is 3.33. The first-order valence-corrected chi connectivity index (χ1v) is 6.66. The first kappa shape index (κ1) is 14.3. The molecule has 0 saturated heterocycles. The van der Waals surface area contributed by atoms with Crippen LogP contribution in [0.4, 0.5) is 11.4 Å². The molecule has 2 rings (SSSR count). The Hall–Kier alpha value is -2.11. The Bertz CT molecular complexity index is 544. The van der Waals surface area contributed by atoms with Crippen LogP contribution in [0.1, 0.15) is 23.7 Å². The highest BCUT2D eigenvalue weighted by molar-refractivity contribution is 6.01. The lowest BCUT2D eigenvalue weighted by Gasteiger charge is -2.18. The Morgan fingerprint density at radius 1 is 1.55 bits per heavy atom. The van der Waals surface area contributed by atoms with Crippen molar-refractivity contribution in [1.82, 2.24) is 4.90 Å². The maximum Gasteiger partial charge on any atom is 0.293 e. The molecule has 108 valence electrons. The molecule has 1 aromatic carbocycles. The van der Waals surface area contributed by atoms with E-state index in [9.17, 15) is 14.9 Å². The fraction of sp³-hybridized carbons (Fsp3) is 0.500. The highest BCUT2D eigenvalue weighted by Crippen LogP contribution is 2.38. The third-order valence-corrected chi connectivity index (χ3v) is 3.85. The molecule has 0 radical (unpaired) electrons. The number of nitrogens with zero attached hydrogens (tertiary/aromatic N) is 2. The van der Waals surface area contributed by atoms with Crippen molar-refractivity contribution >= 4 is 17.3 Å². The minimum Gasteiger partial charge on any atom is -0.382 e. The average molecular weight is 277 g/mol. The van der Waals surface area contributed by atoms with Crippen LogP contribution in [-0.2, 0) is 0 Å². The number of nitrogens with one attached hydrogen (secondary N) is 1. The lowest BCUT2D eigenvalue weighted by molar-refractivity contribution is -0.384. The van der Waals surface area contributed by atoms with Gasteiger partial charge in [-0.05, 0) is 24.3 Å². The number of hydrogen-bond acceptors (Lipinski definition) is 4. The van der Waals surface area contributed by atoms with E-state index in [-0.39, 0.29) is 17.3 Å². The van der Waals surface area contributed by atoms with E-state index < -0.39 is 4.92 Å². The van der Waals surface area contributed by atoms with Crippen molar-refractivity contribution in [2.75, 3.05) is 26.0 Å². The van der Waals surface area contributed by atoms with Gasteiger partial charge in [0.2, 0.25) is 0 Å². The van der Waals surface area contributed by atoms with E-state index in [1.807, 2.05) is 0 Å². The summed E-state index contributed by atoms with van der Waals surface area (Å²) in [6.07, 6.45) is 1.14. The maximum atomic E-state index is 12.4. The van der Waals surface area contributed by atoms with E-state index in [2.05, 4.69) is 12.2 Å². The number of benzene rings is 1. The number of carbonyl (C=O) groups is 1. The second-order valence-corrected chi connectivity index (χ2v) is 5.37. The van der Waals surface area contributed by atoms with E-state index in [1.54, 1.807) is 31.1 Å². The summed E-state index contributed by atoms with van der Waals surface area (Å²) in [4.78, 5) is 24.6. The van der Waals surface area contributed by atoms with Gasteiger partial charge < -0.3 is 10.2 Å². The molecule has 6 heteroatoms. The summed E-state index contributed by atoms with van der Waals surface area (Å²) in [5.74, 6) is 1.04. The smallest absolute Gasteiger partial charge is 0.293 e. The lowest BCUT2D eigenvalue weighted by Crippen LogP contribution is -2.29. The standard InChI is InChI=1S/C14H19N3O3/c1-9-7-10(9)8-16(3)14(18)11-5-4-6-12(17(19)20)13(11)15-2/h4-6,9-10,15H,7-8H2,1-3H3. The molecule has 0 heterocycles. The molecular formula is C14H19N3O3. The summed E-state index contributed by atoms with van der Waals surface area (Å²) >= 11 is 0. The zero-order valence-electron chi connectivity index (χ0n) is 11.9. The molecule has 2 atom stereocenters. The second kappa shape index (κ2) is 5.48. The van der Waals surface area contributed by atoms with Crippen LogP contribution in [0, 0.1) is 22.0 Å². The molecular weight excluding hydrogens is 258 g/mol. The first-order valence-electron chi connectivity index (χ1n) is 6.66. The number of nitro groups is 1. The van der Waals surface area contributed by atoms with Gasteiger partial charge in [0.05, 0.1) is 10.5 Å². The third kappa shape index (κ3) is 2.74. The van der Waals surface area contributed by atoms with Crippen LogP contribution in [-0.4, -0.2) is 36.4 Å². The van der Waals surface area contributed by atoms with E-state index in [4.69, 9.17) is 0 Å². The van der Waals surface area contributed by atoms with Gasteiger partial charge in [-0.1, -0.05) is 13.0 Å². The molecule has 6 nitrogen and oxygen atoms in total. The molecule has 0 spiro atoms. The zero-order chi connectivity index (χ0) is 14.9. The topological polar surface area (TPSA) is 75.5 Å². The fourth-order valence-electron chi connectivity index (χ4n) is 2.43. The summed E-state index contributed by atoms with van der Waals surface area (Å²) < 4.78 is 0. The van der Waals surface area contributed by atoms with Crippen LogP contribution in [0.2, 0.25) is 0 Å². The molecule has 1 fully saturated rings. The number of para-hydroxylation sites is 1. The van der Waals surface area contributed by atoms with E-state index in [0.717, 1.165) is 6.42 Å². The Morgan fingerprint density at radius 3 is 2.70 bits per heavy atom. The van der Waals surface area contributed by atoms with Crippen molar-refractivity contribution in [1.29, 1.82) is 0 Å². The van der Waals surface area contributed by atoms with Crippen molar-refractivity contribution in [2.24, 2.45) is 11.8 Å². The maximum absolute atomic E-state index is 12.4. The van der Waals surface area contributed by atoms with Crippen molar-refractivity contribution in [3.8, 4) is 0 Å². The van der Waals surface area contributed by atoms with Gasteiger partial charge in [0.25, 0.3) is 11.6 Å². The molecule has 1 N–H and O–H groups in total. The molecule has 1 saturated carbocycles. The SMILES string of the molecule is CNc1c(C(=O)N(C)CC2CC2C)cccc1[N+](=O)[O-]. The molecule has 20 heavy (non-hydrogen) atoms. The Morgan fingerprint density at radius 2 is 2.20 bits per heavy atom. The summed E-state index contributed by atoms with van der Waals surface area (Å²) in [5.41, 5.74) is 0.544. The van der Waals surface area contributed by atoms with Crippen molar-refractivity contribution < 1.29 is 9.72 Å². The number of nitro benzene ring substituents is 1. The average Bonchev–Trinajstić information content (AvgIpc) is 3.11. The predicted octanol–water partition coefficient (Wildman–Crippen LogP) is 2.36. The Balaban J connectivity index is 2.24. The van der Waals surface area contributed by atoms with Crippen LogP contribution in [0.5, 0.6) is 0 Å². The van der Waals surface area contributed by atoms with Gasteiger partial charge >= 0.3 is 0 Å². The molecule has 0 aliphatic heterocycles. The Labute approximate surface area is 117 Å². The normalized spacial score (nSPS) is 20.4. The van der Waals surface area contributed by atoms with Crippen molar-refractivity contribution in [3.05, 3.63) is 33.9 Å². The lowest BCUT2D eigenvalue weighted by atomic mass is 10.1. The van der Waals surface area contributed by atoms with E-state index in [1.165, 1.54) is 6.07 Å². The van der Waals surface area contributed by atoms with Crippen molar-refractivity contribution in [3.63, 3.8) is 0 Å². The van der Waals surface area contributed by atoms with Gasteiger partial charge in [0.15, 0.2) is 0 Å². The summed E-state index contributed by atoms with van der Waals surface area (Å²) in [6.45, 7) is 2.86. The molecule has 2 unspecified atom stereocenters. The van der Waals surface area contributed by atoms with Crippen LogP contribution >= 0.6 is 0 Å². The van der Waals surface area contributed by atoms with Gasteiger partial charge in [-0.25, -0.2) is 0 Å². The number of rotatable bonds is 5. The zero-order valence-corrected chi connectivity index (χ0v) is 11.9. The van der Waals surface area contributed by atoms with Gasteiger partial charge in [-0.2, -0.15) is 0 Å². The molecule has 0 bridgehead atoms. The highest BCUT2D eigenvalue weighted by Gasteiger charge is 2.34. The first-order chi connectivity index (χ1) is 9.45. The molecule has 1 aliphatic rings. The summed E-state index contributed by atoms with van der Waals surface area (Å²) in [6, 6.07) is 4.55. The van der Waals surface area contributed by atoms with Gasteiger partial charge in [-0.3, -0.25) is 14.9 Å². The third-order valence-electron chi connectivity index (χ3n) is 3.85. The molecule has 1 amide bonds.